The molecule has 0 fully saturated rings. The largest absolute Gasteiger partial charge is 0.466 e. The SMILES string of the molecule is COC(=O)C1Cc2c(Br)cc(Br)cc2C(=O)O1. The van der Waals surface area contributed by atoms with Crippen molar-refractivity contribution in [3.8, 4) is 0 Å². The van der Waals surface area contributed by atoms with Gasteiger partial charge in [0.1, 0.15) is 0 Å². The van der Waals surface area contributed by atoms with Crippen molar-refractivity contribution in [3.05, 3.63) is 32.2 Å². The molecule has 1 aromatic carbocycles. The van der Waals surface area contributed by atoms with E-state index in [-0.39, 0.29) is 0 Å². The summed E-state index contributed by atoms with van der Waals surface area (Å²) in [6.07, 6.45) is -0.542. The van der Waals surface area contributed by atoms with E-state index in [1.165, 1.54) is 7.11 Å². The average molecular weight is 364 g/mol. The van der Waals surface area contributed by atoms with E-state index in [1.807, 2.05) is 6.07 Å². The van der Waals surface area contributed by atoms with E-state index in [9.17, 15) is 9.59 Å². The Kier molecular flexibility index (Phi) is 3.53. The molecular formula is C11H8Br2O4. The van der Waals surface area contributed by atoms with Crippen LogP contribution in [0.25, 0.3) is 0 Å². The molecule has 1 aliphatic rings. The minimum Gasteiger partial charge on any atom is -0.466 e. The van der Waals surface area contributed by atoms with Crippen LogP contribution in [-0.2, 0) is 20.7 Å². The lowest BCUT2D eigenvalue weighted by molar-refractivity contribution is -0.151. The molecule has 0 N–H and O–H groups in total. The quantitative estimate of drug-likeness (QED) is 0.719. The fraction of sp³-hybridized carbons (Fsp3) is 0.273. The smallest absolute Gasteiger partial charge is 0.347 e. The Morgan fingerprint density at radius 2 is 2.18 bits per heavy atom. The Morgan fingerprint density at radius 1 is 1.47 bits per heavy atom. The fourth-order valence-electron chi connectivity index (χ4n) is 1.68. The fourth-order valence-corrected chi connectivity index (χ4v) is 3.06. The molecule has 0 aliphatic carbocycles. The van der Waals surface area contributed by atoms with Crippen molar-refractivity contribution < 1.29 is 19.1 Å². The first-order valence-electron chi connectivity index (χ1n) is 4.79. The molecule has 0 saturated heterocycles. The van der Waals surface area contributed by atoms with Gasteiger partial charge >= 0.3 is 11.9 Å². The predicted molar refractivity (Wildman–Crippen MR) is 66.8 cm³/mol. The molecule has 0 amide bonds. The number of hydrogen-bond donors (Lipinski definition) is 0. The van der Waals surface area contributed by atoms with Crippen molar-refractivity contribution in [2.45, 2.75) is 12.5 Å². The van der Waals surface area contributed by atoms with Crippen LogP contribution >= 0.6 is 31.9 Å². The Balaban J connectivity index is 2.43. The van der Waals surface area contributed by atoms with Gasteiger partial charge in [-0.2, -0.15) is 0 Å². The lowest BCUT2D eigenvalue weighted by Gasteiger charge is -2.23. The Morgan fingerprint density at radius 3 is 2.82 bits per heavy atom. The molecule has 2 rings (SSSR count). The highest BCUT2D eigenvalue weighted by atomic mass is 79.9. The lowest BCUT2D eigenvalue weighted by atomic mass is 9.99. The number of benzene rings is 1. The Hall–Kier alpha value is -0.880. The number of ether oxygens (including phenoxy) is 2. The topological polar surface area (TPSA) is 52.6 Å². The number of esters is 2. The van der Waals surface area contributed by atoms with Gasteiger partial charge in [0.2, 0.25) is 6.10 Å². The monoisotopic (exact) mass is 362 g/mol. The van der Waals surface area contributed by atoms with Crippen LogP contribution in [0.2, 0.25) is 0 Å². The molecule has 1 aliphatic heterocycles. The summed E-state index contributed by atoms with van der Waals surface area (Å²) in [5.41, 5.74) is 1.23. The van der Waals surface area contributed by atoms with Crippen LogP contribution in [0.5, 0.6) is 0 Å². The summed E-state index contributed by atoms with van der Waals surface area (Å²) in [4.78, 5) is 23.1. The third-order valence-corrected chi connectivity index (χ3v) is 3.65. The summed E-state index contributed by atoms with van der Waals surface area (Å²) < 4.78 is 11.1. The van der Waals surface area contributed by atoms with Crippen molar-refractivity contribution >= 4 is 43.8 Å². The Labute approximate surface area is 115 Å². The van der Waals surface area contributed by atoms with E-state index < -0.39 is 18.0 Å². The molecular weight excluding hydrogens is 356 g/mol. The zero-order chi connectivity index (χ0) is 12.6. The standard InChI is InChI=1S/C11H8Br2O4/c1-16-11(15)9-4-6-7(10(14)17-9)2-5(12)3-8(6)13/h2-3,9H,4H2,1H3. The van der Waals surface area contributed by atoms with Gasteiger partial charge in [-0.15, -0.1) is 0 Å². The molecule has 1 heterocycles. The first kappa shape index (κ1) is 12.6. The van der Waals surface area contributed by atoms with Crippen LogP contribution < -0.4 is 0 Å². The van der Waals surface area contributed by atoms with Gasteiger partial charge in [-0.3, -0.25) is 0 Å². The molecule has 17 heavy (non-hydrogen) atoms. The van der Waals surface area contributed by atoms with Gasteiger partial charge in [0.25, 0.3) is 0 Å². The molecule has 0 saturated carbocycles. The molecule has 0 bridgehead atoms. The number of carbonyl (C=O) groups excluding carboxylic acids is 2. The maximum absolute atomic E-state index is 11.7. The molecule has 6 heteroatoms. The predicted octanol–water partition coefficient (Wildman–Crippen LogP) is 2.47. The van der Waals surface area contributed by atoms with Crippen LogP contribution in [0, 0.1) is 0 Å². The molecule has 0 radical (unpaired) electrons. The van der Waals surface area contributed by atoms with E-state index in [0.717, 1.165) is 14.5 Å². The highest BCUT2D eigenvalue weighted by molar-refractivity contribution is 9.11. The molecule has 1 unspecified atom stereocenters. The molecule has 1 aromatic rings. The van der Waals surface area contributed by atoms with Crippen LogP contribution in [0.3, 0.4) is 0 Å². The zero-order valence-corrected chi connectivity index (χ0v) is 12.0. The average Bonchev–Trinajstić information content (AvgIpc) is 2.29. The van der Waals surface area contributed by atoms with Crippen molar-refractivity contribution in [2.75, 3.05) is 7.11 Å². The number of carbonyl (C=O) groups is 2. The molecule has 90 valence electrons. The van der Waals surface area contributed by atoms with Crippen LogP contribution in [0.15, 0.2) is 21.1 Å². The van der Waals surface area contributed by atoms with Gasteiger partial charge in [0.15, 0.2) is 0 Å². The first-order valence-corrected chi connectivity index (χ1v) is 6.38. The van der Waals surface area contributed by atoms with E-state index >= 15 is 0 Å². The maximum Gasteiger partial charge on any atom is 0.347 e. The molecule has 1 atom stereocenters. The van der Waals surface area contributed by atoms with Crippen LogP contribution in [0.4, 0.5) is 0 Å². The van der Waals surface area contributed by atoms with Crippen LogP contribution in [-0.4, -0.2) is 25.2 Å². The summed E-state index contributed by atoms with van der Waals surface area (Å²) in [7, 11) is 1.27. The number of rotatable bonds is 1. The van der Waals surface area contributed by atoms with E-state index in [0.29, 0.717) is 12.0 Å². The van der Waals surface area contributed by atoms with E-state index in [1.54, 1.807) is 6.07 Å². The number of methoxy groups -OCH3 is 1. The minimum absolute atomic E-state index is 0.321. The molecule has 0 aromatic heterocycles. The second-order valence-corrected chi connectivity index (χ2v) is 5.30. The number of hydrogen-bond acceptors (Lipinski definition) is 4. The first-order chi connectivity index (χ1) is 8.02. The van der Waals surface area contributed by atoms with Gasteiger partial charge in [-0.25, -0.2) is 9.59 Å². The van der Waals surface area contributed by atoms with E-state index in [4.69, 9.17) is 4.74 Å². The van der Waals surface area contributed by atoms with Crippen molar-refractivity contribution in [1.82, 2.24) is 0 Å². The highest BCUT2D eigenvalue weighted by Crippen LogP contribution is 2.31. The van der Waals surface area contributed by atoms with Gasteiger partial charge < -0.3 is 9.47 Å². The number of halogens is 2. The highest BCUT2D eigenvalue weighted by Gasteiger charge is 2.33. The molecule has 0 spiro atoms. The van der Waals surface area contributed by atoms with Gasteiger partial charge in [0, 0.05) is 15.4 Å². The van der Waals surface area contributed by atoms with Crippen molar-refractivity contribution in [2.24, 2.45) is 0 Å². The normalized spacial score (nSPS) is 18.3. The minimum atomic E-state index is -0.863. The molecule has 4 nitrogen and oxygen atoms in total. The van der Waals surface area contributed by atoms with Crippen LogP contribution in [0.1, 0.15) is 15.9 Å². The lowest BCUT2D eigenvalue weighted by Crippen LogP contribution is -2.35. The zero-order valence-electron chi connectivity index (χ0n) is 8.83. The summed E-state index contributed by atoms with van der Waals surface area (Å²) in [6.45, 7) is 0. The maximum atomic E-state index is 11.7. The third-order valence-electron chi connectivity index (χ3n) is 2.48. The summed E-state index contributed by atoms with van der Waals surface area (Å²) in [5.74, 6) is -1.05. The summed E-state index contributed by atoms with van der Waals surface area (Å²) >= 11 is 6.67. The van der Waals surface area contributed by atoms with Crippen molar-refractivity contribution in [1.29, 1.82) is 0 Å². The summed E-state index contributed by atoms with van der Waals surface area (Å²) in [6, 6.07) is 3.50. The number of fused-ring (bicyclic) bond motifs is 1. The second kappa shape index (κ2) is 4.78. The second-order valence-electron chi connectivity index (χ2n) is 3.53. The van der Waals surface area contributed by atoms with Gasteiger partial charge in [-0.05, 0) is 17.7 Å². The van der Waals surface area contributed by atoms with Crippen molar-refractivity contribution in [3.63, 3.8) is 0 Å². The van der Waals surface area contributed by atoms with Gasteiger partial charge in [0.05, 0.1) is 12.7 Å². The number of cyclic esters (lactones) is 1. The third kappa shape index (κ3) is 2.37. The van der Waals surface area contributed by atoms with Gasteiger partial charge in [-0.1, -0.05) is 31.9 Å². The summed E-state index contributed by atoms with van der Waals surface area (Å²) in [5, 5.41) is 0. The Bertz CT molecular complexity index is 498. The van der Waals surface area contributed by atoms with E-state index in [2.05, 4.69) is 36.6 Å².